The average Bonchev–Trinajstić information content (AvgIpc) is 2.64. The smallest absolute Gasteiger partial charge is 0.339 e. The second-order valence-corrected chi connectivity index (χ2v) is 5.09. The molecule has 0 fully saturated rings. The zero-order valence-corrected chi connectivity index (χ0v) is 14.6. The van der Waals surface area contributed by atoms with Crippen molar-refractivity contribution in [1.82, 2.24) is 4.98 Å². The van der Waals surface area contributed by atoms with Crippen molar-refractivity contribution < 1.29 is 27.8 Å². The number of nitrogens with zero attached hydrogens (tertiary/aromatic N) is 2. The van der Waals surface area contributed by atoms with Crippen molar-refractivity contribution >= 4 is 17.6 Å². The lowest BCUT2D eigenvalue weighted by molar-refractivity contribution is -0.121. The normalized spacial score (nSPS) is 12.5. The number of pyridine rings is 1. The fraction of sp³-hybridized carbons (Fsp3) is 0.278. The van der Waals surface area contributed by atoms with Crippen LogP contribution in [0.15, 0.2) is 30.5 Å². The highest BCUT2D eigenvalue weighted by Crippen LogP contribution is 2.32. The summed E-state index contributed by atoms with van der Waals surface area (Å²) in [6.07, 6.45) is 1.26. The van der Waals surface area contributed by atoms with E-state index in [0.717, 1.165) is 18.2 Å². The quantitative estimate of drug-likeness (QED) is 0.783. The Morgan fingerprint density at radius 2 is 1.88 bits per heavy atom. The maximum atomic E-state index is 13.3. The third-order valence-corrected chi connectivity index (χ3v) is 3.44. The SMILES string of the molecule is CC.COC(=O)c1cnc2c(c1)N(Cc1cc(F)cc(F)c1)C(=O)CO2. The van der Waals surface area contributed by atoms with Gasteiger partial charge in [-0.25, -0.2) is 18.6 Å². The Bertz CT molecular complexity index is 807. The third-order valence-electron chi connectivity index (χ3n) is 3.44. The van der Waals surface area contributed by atoms with Gasteiger partial charge in [-0.3, -0.25) is 4.79 Å². The average molecular weight is 364 g/mol. The predicted octanol–water partition coefficient (Wildman–Crippen LogP) is 3.10. The number of fused-ring (bicyclic) bond motifs is 1. The van der Waals surface area contributed by atoms with Crippen LogP contribution < -0.4 is 9.64 Å². The largest absolute Gasteiger partial charge is 0.466 e. The number of hydrogen-bond donors (Lipinski definition) is 0. The van der Waals surface area contributed by atoms with Crippen LogP contribution in [0.1, 0.15) is 29.8 Å². The molecule has 2 aromatic rings. The lowest BCUT2D eigenvalue weighted by Crippen LogP contribution is -2.38. The fourth-order valence-electron chi connectivity index (χ4n) is 2.38. The Hall–Kier alpha value is -3.03. The summed E-state index contributed by atoms with van der Waals surface area (Å²) in [6, 6.07) is 4.39. The van der Waals surface area contributed by atoms with Crippen LogP contribution in [0.4, 0.5) is 14.5 Å². The van der Waals surface area contributed by atoms with E-state index in [1.807, 2.05) is 13.8 Å². The summed E-state index contributed by atoms with van der Waals surface area (Å²) < 4.78 is 36.5. The van der Waals surface area contributed by atoms with Gasteiger partial charge in [0, 0.05) is 12.3 Å². The maximum Gasteiger partial charge on any atom is 0.339 e. The van der Waals surface area contributed by atoms with Crippen LogP contribution in [0.3, 0.4) is 0 Å². The van der Waals surface area contributed by atoms with Crippen molar-refractivity contribution in [1.29, 1.82) is 0 Å². The molecule has 0 atom stereocenters. The van der Waals surface area contributed by atoms with Crippen LogP contribution >= 0.6 is 0 Å². The zero-order chi connectivity index (χ0) is 19.3. The molecule has 3 rings (SSSR count). The zero-order valence-electron chi connectivity index (χ0n) is 14.6. The minimum atomic E-state index is -0.743. The Kier molecular flexibility index (Phi) is 6.21. The summed E-state index contributed by atoms with van der Waals surface area (Å²) in [4.78, 5) is 29.0. The van der Waals surface area contributed by atoms with Crippen molar-refractivity contribution in [3.63, 3.8) is 0 Å². The van der Waals surface area contributed by atoms with Gasteiger partial charge in [0.25, 0.3) is 5.91 Å². The molecule has 26 heavy (non-hydrogen) atoms. The van der Waals surface area contributed by atoms with E-state index in [0.29, 0.717) is 0 Å². The molecule has 1 aliphatic heterocycles. The highest BCUT2D eigenvalue weighted by Gasteiger charge is 2.28. The van der Waals surface area contributed by atoms with Crippen molar-refractivity contribution in [2.45, 2.75) is 20.4 Å². The first kappa shape index (κ1) is 19.3. The van der Waals surface area contributed by atoms with Crippen molar-refractivity contribution in [2.24, 2.45) is 0 Å². The molecule has 1 aromatic heterocycles. The van der Waals surface area contributed by atoms with E-state index in [4.69, 9.17) is 4.74 Å². The molecule has 6 nitrogen and oxygen atoms in total. The fourth-order valence-corrected chi connectivity index (χ4v) is 2.38. The van der Waals surface area contributed by atoms with Crippen LogP contribution in [-0.4, -0.2) is 30.6 Å². The van der Waals surface area contributed by atoms with Crippen molar-refractivity contribution in [3.8, 4) is 5.88 Å². The van der Waals surface area contributed by atoms with Gasteiger partial charge in [-0.15, -0.1) is 0 Å². The number of anilines is 1. The van der Waals surface area contributed by atoms with Gasteiger partial charge in [-0.1, -0.05) is 13.8 Å². The summed E-state index contributed by atoms with van der Waals surface area (Å²) in [5.74, 6) is -2.38. The van der Waals surface area contributed by atoms with E-state index in [9.17, 15) is 18.4 Å². The van der Waals surface area contributed by atoms with E-state index in [1.165, 1.54) is 24.3 Å². The van der Waals surface area contributed by atoms with Crippen LogP contribution in [0.2, 0.25) is 0 Å². The van der Waals surface area contributed by atoms with Gasteiger partial charge in [0.1, 0.15) is 17.3 Å². The topological polar surface area (TPSA) is 68.7 Å². The molecule has 1 aromatic carbocycles. The van der Waals surface area contributed by atoms with Gasteiger partial charge in [-0.05, 0) is 23.8 Å². The van der Waals surface area contributed by atoms with E-state index in [2.05, 4.69) is 9.72 Å². The molecule has 2 heterocycles. The number of methoxy groups -OCH3 is 1. The monoisotopic (exact) mass is 364 g/mol. The molecular weight excluding hydrogens is 346 g/mol. The standard InChI is InChI=1S/C16H12F2N2O4.C2H6/c1-23-16(22)10-4-13-15(19-6-10)24-8-14(21)20(13)7-9-2-11(17)5-12(18)3-9;1-2/h2-6H,7-8H2,1H3;1-2H3. The number of rotatable bonds is 3. The molecule has 8 heteroatoms. The van der Waals surface area contributed by atoms with Crippen LogP contribution in [0.5, 0.6) is 5.88 Å². The molecule has 0 spiro atoms. The molecule has 0 saturated heterocycles. The highest BCUT2D eigenvalue weighted by atomic mass is 19.1. The number of benzene rings is 1. The second-order valence-electron chi connectivity index (χ2n) is 5.09. The molecule has 0 N–H and O–H groups in total. The van der Waals surface area contributed by atoms with Crippen molar-refractivity contribution in [3.05, 3.63) is 53.2 Å². The highest BCUT2D eigenvalue weighted by molar-refractivity contribution is 5.99. The molecule has 0 radical (unpaired) electrons. The molecule has 1 aliphatic rings. The first-order valence-corrected chi connectivity index (χ1v) is 7.94. The Labute approximate surface area is 149 Å². The molecular formula is C18H18F2N2O4. The van der Waals surface area contributed by atoms with E-state index in [-0.39, 0.29) is 35.8 Å². The molecule has 0 unspecified atom stereocenters. The summed E-state index contributed by atoms with van der Waals surface area (Å²) >= 11 is 0. The number of carbonyl (C=O) groups excluding carboxylic acids is 2. The minimum absolute atomic E-state index is 0.0871. The number of hydrogen-bond acceptors (Lipinski definition) is 5. The number of esters is 1. The minimum Gasteiger partial charge on any atom is -0.466 e. The van der Waals surface area contributed by atoms with E-state index in [1.54, 1.807) is 0 Å². The Balaban J connectivity index is 0.00000117. The summed E-state index contributed by atoms with van der Waals surface area (Å²) in [5.41, 5.74) is 0.626. The predicted molar refractivity (Wildman–Crippen MR) is 90.0 cm³/mol. The molecule has 1 amide bonds. The van der Waals surface area contributed by atoms with Gasteiger partial charge in [0.15, 0.2) is 6.61 Å². The van der Waals surface area contributed by atoms with Gasteiger partial charge in [-0.2, -0.15) is 0 Å². The molecule has 138 valence electrons. The van der Waals surface area contributed by atoms with Gasteiger partial charge >= 0.3 is 5.97 Å². The number of halogens is 2. The number of aromatic nitrogens is 1. The second kappa shape index (κ2) is 8.37. The summed E-state index contributed by atoms with van der Waals surface area (Å²) in [7, 11) is 1.22. The van der Waals surface area contributed by atoms with Gasteiger partial charge < -0.3 is 14.4 Å². The van der Waals surface area contributed by atoms with Crippen LogP contribution in [-0.2, 0) is 16.1 Å². The van der Waals surface area contributed by atoms with E-state index < -0.39 is 23.5 Å². The first-order chi connectivity index (χ1) is 12.5. The summed E-state index contributed by atoms with van der Waals surface area (Å²) in [5, 5.41) is 0. The molecule has 0 saturated carbocycles. The Morgan fingerprint density at radius 3 is 2.50 bits per heavy atom. The first-order valence-electron chi connectivity index (χ1n) is 7.94. The number of ether oxygens (including phenoxy) is 2. The number of carbonyl (C=O) groups is 2. The Morgan fingerprint density at radius 1 is 1.23 bits per heavy atom. The van der Waals surface area contributed by atoms with Crippen LogP contribution in [0.25, 0.3) is 0 Å². The summed E-state index contributed by atoms with van der Waals surface area (Å²) in [6.45, 7) is 3.66. The van der Waals surface area contributed by atoms with Gasteiger partial charge in [0.05, 0.1) is 19.2 Å². The maximum absolute atomic E-state index is 13.3. The third kappa shape index (κ3) is 4.14. The molecule has 0 bridgehead atoms. The van der Waals surface area contributed by atoms with E-state index >= 15 is 0 Å². The van der Waals surface area contributed by atoms with Gasteiger partial charge in [0.2, 0.25) is 5.88 Å². The van der Waals surface area contributed by atoms with Crippen molar-refractivity contribution in [2.75, 3.05) is 18.6 Å². The lowest BCUT2D eigenvalue weighted by Gasteiger charge is -2.28. The van der Waals surface area contributed by atoms with Crippen LogP contribution in [0, 0.1) is 11.6 Å². The molecule has 0 aliphatic carbocycles. The number of amides is 1. The lowest BCUT2D eigenvalue weighted by atomic mass is 10.1.